The third kappa shape index (κ3) is 6.14. The van der Waals surface area contributed by atoms with Crippen molar-refractivity contribution in [3.63, 3.8) is 0 Å². The number of nitrogens with one attached hydrogen (secondary N) is 1. The summed E-state index contributed by atoms with van der Waals surface area (Å²) in [5.41, 5.74) is 7.55. The maximum atomic E-state index is 14.0. The highest BCUT2D eigenvalue weighted by Crippen LogP contribution is 2.36. The minimum atomic E-state index is -3.77. The highest BCUT2D eigenvalue weighted by molar-refractivity contribution is 7.89. The van der Waals surface area contributed by atoms with E-state index in [9.17, 15) is 13.2 Å². The highest BCUT2D eigenvalue weighted by atomic mass is 32.2. The first kappa shape index (κ1) is 31.4. The number of amides is 1. The van der Waals surface area contributed by atoms with E-state index in [2.05, 4.69) is 43.6 Å². The number of fused-ring (bicyclic) bond motifs is 2. The van der Waals surface area contributed by atoms with E-state index in [0.717, 1.165) is 45.3 Å². The summed E-state index contributed by atoms with van der Waals surface area (Å²) < 4.78 is 31.4. The smallest absolute Gasteiger partial charge is 0.245 e. The molecule has 0 saturated carbocycles. The Morgan fingerprint density at radius 2 is 1.89 bits per heavy atom. The van der Waals surface area contributed by atoms with Crippen molar-refractivity contribution >= 4 is 32.7 Å². The average Bonchev–Trinajstić information content (AvgIpc) is 3.45. The molecule has 1 unspecified atom stereocenters. The fourth-order valence-electron chi connectivity index (χ4n) is 6.33. The van der Waals surface area contributed by atoms with Crippen LogP contribution in [0.4, 0.5) is 5.69 Å². The van der Waals surface area contributed by atoms with Gasteiger partial charge in [-0.05, 0) is 79.1 Å². The molecule has 1 aliphatic heterocycles. The molecule has 0 radical (unpaired) electrons. The summed E-state index contributed by atoms with van der Waals surface area (Å²) >= 11 is 0. The first-order valence-corrected chi connectivity index (χ1v) is 17.0. The molecule has 4 heterocycles. The molecular formula is C34H38N8O3S. The van der Waals surface area contributed by atoms with Gasteiger partial charge in [-0.15, -0.1) is 5.10 Å². The minimum Gasteiger partial charge on any atom is -0.323 e. The van der Waals surface area contributed by atoms with Crippen molar-refractivity contribution in [1.29, 1.82) is 0 Å². The van der Waals surface area contributed by atoms with Gasteiger partial charge in [-0.25, -0.2) is 23.1 Å². The third-order valence-corrected chi connectivity index (χ3v) is 10.9. The number of carbonyl (C=O) groups excluding carboxylic acids is 1. The quantitative estimate of drug-likeness (QED) is 0.233. The summed E-state index contributed by atoms with van der Waals surface area (Å²) in [6.07, 6.45) is 7.80. The molecule has 46 heavy (non-hydrogen) atoms. The molecule has 0 aliphatic carbocycles. The normalized spacial score (nSPS) is 16.9. The number of carbonyl (C=O) groups is 1. The van der Waals surface area contributed by atoms with Gasteiger partial charge >= 0.3 is 0 Å². The van der Waals surface area contributed by atoms with E-state index in [1.54, 1.807) is 35.0 Å². The summed E-state index contributed by atoms with van der Waals surface area (Å²) in [7, 11) is -3.77. The van der Waals surface area contributed by atoms with Gasteiger partial charge in [0.15, 0.2) is 0 Å². The number of aryl methyl sites for hydroxylation is 3. The van der Waals surface area contributed by atoms with Crippen molar-refractivity contribution in [3.05, 3.63) is 101 Å². The Morgan fingerprint density at radius 3 is 2.65 bits per heavy atom. The van der Waals surface area contributed by atoms with E-state index in [-0.39, 0.29) is 35.6 Å². The third-order valence-electron chi connectivity index (χ3n) is 9.00. The maximum Gasteiger partial charge on any atom is 0.245 e. The van der Waals surface area contributed by atoms with Gasteiger partial charge in [-0.2, -0.15) is 4.31 Å². The standard InChI is InChI=1S/C34H38N8O3S/c1-5-24-14-30-32(8-7-13-37-30)46(44,45)41(19-24)20-26-15-25(10-9-22(26)3)29(16-33(43)38-27-17-35-21-36-18-27)28-11-12-31-34(23(28)4)39-40-42(31)6-2/h7-13,15,17-18,21,24,29H,5-6,14,16,19-20H2,1-4H3,(H,38,43)/t24-,29?/m0/s1. The van der Waals surface area contributed by atoms with Crippen LogP contribution in [0.3, 0.4) is 0 Å². The first-order chi connectivity index (χ1) is 22.2. The van der Waals surface area contributed by atoms with Gasteiger partial charge in [0.1, 0.15) is 16.7 Å². The van der Waals surface area contributed by atoms with Crippen LogP contribution in [0.25, 0.3) is 11.0 Å². The number of hydrogen-bond donors (Lipinski definition) is 1. The molecule has 1 aliphatic rings. The number of sulfonamides is 1. The number of nitrogens with zero attached hydrogens (tertiary/aromatic N) is 7. The Bertz CT molecular complexity index is 1990. The summed E-state index contributed by atoms with van der Waals surface area (Å²) in [5.74, 6) is -0.378. The van der Waals surface area contributed by atoms with Crippen molar-refractivity contribution in [2.75, 3.05) is 11.9 Å². The molecule has 238 valence electrons. The molecule has 0 spiro atoms. The Hall–Kier alpha value is -4.55. The van der Waals surface area contributed by atoms with Crippen molar-refractivity contribution in [2.45, 2.75) is 70.9 Å². The molecule has 0 saturated heterocycles. The van der Waals surface area contributed by atoms with E-state index in [1.165, 1.54) is 6.33 Å². The minimum absolute atomic E-state index is 0.143. The van der Waals surface area contributed by atoms with Gasteiger partial charge < -0.3 is 5.32 Å². The van der Waals surface area contributed by atoms with Crippen LogP contribution in [0, 0.1) is 19.8 Å². The molecular weight excluding hydrogens is 600 g/mol. The number of anilines is 1. The molecule has 5 aromatic rings. The average molecular weight is 639 g/mol. The van der Waals surface area contributed by atoms with Gasteiger partial charge in [0.05, 0.1) is 29.3 Å². The Balaban J connectivity index is 1.40. The van der Waals surface area contributed by atoms with Crippen LogP contribution in [0.1, 0.15) is 66.1 Å². The molecule has 11 nitrogen and oxygen atoms in total. The lowest BCUT2D eigenvalue weighted by Crippen LogP contribution is -2.33. The topological polar surface area (TPSA) is 136 Å². The van der Waals surface area contributed by atoms with Crippen molar-refractivity contribution < 1.29 is 13.2 Å². The summed E-state index contributed by atoms with van der Waals surface area (Å²) in [6, 6.07) is 13.5. The van der Waals surface area contributed by atoms with E-state index in [0.29, 0.717) is 30.9 Å². The van der Waals surface area contributed by atoms with Crippen LogP contribution in [-0.4, -0.2) is 55.1 Å². The Morgan fingerprint density at radius 1 is 1.09 bits per heavy atom. The molecule has 1 amide bonds. The predicted molar refractivity (Wildman–Crippen MR) is 176 cm³/mol. The van der Waals surface area contributed by atoms with E-state index >= 15 is 0 Å². The number of aromatic nitrogens is 6. The zero-order chi connectivity index (χ0) is 32.4. The molecule has 1 N–H and O–H groups in total. The van der Waals surface area contributed by atoms with Gasteiger partial charge in [0, 0.05) is 38.2 Å². The molecule has 12 heteroatoms. The van der Waals surface area contributed by atoms with Crippen LogP contribution in [0.2, 0.25) is 0 Å². The zero-order valence-electron chi connectivity index (χ0n) is 26.5. The second-order valence-electron chi connectivity index (χ2n) is 11.9. The number of hydrogen-bond acceptors (Lipinski definition) is 8. The molecule has 2 aromatic carbocycles. The van der Waals surface area contributed by atoms with Crippen LogP contribution < -0.4 is 5.32 Å². The summed E-state index contributed by atoms with van der Waals surface area (Å²) in [6.45, 7) is 9.44. The SMILES string of the molecule is CC[C@H]1Cc2ncccc2S(=O)(=O)N(Cc2cc(C(CC(=O)Nc3cncnc3)c3ccc4c(nnn4CC)c3C)ccc2C)C1. The first-order valence-electron chi connectivity index (χ1n) is 15.6. The number of pyridine rings is 1. The second kappa shape index (κ2) is 13.1. The van der Waals surface area contributed by atoms with Gasteiger partial charge in [0.2, 0.25) is 15.9 Å². The lowest BCUT2D eigenvalue weighted by atomic mass is 9.84. The molecule has 0 fully saturated rings. The summed E-state index contributed by atoms with van der Waals surface area (Å²) in [4.78, 5) is 26.2. The van der Waals surface area contributed by atoms with Gasteiger partial charge in [-0.1, -0.05) is 42.8 Å². The monoisotopic (exact) mass is 638 g/mol. The number of benzene rings is 2. The van der Waals surface area contributed by atoms with Crippen LogP contribution in [0.15, 0.2) is 72.3 Å². The van der Waals surface area contributed by atoms with Crippen molar-refractivity contribution in [3.8, 4) is 0 Å². The second-order valence-corrected chi connectivity index (χ2v) is 13.8. The number of rotatable bonds is 9. The Kier molecular flexibility index (Phi) is 8.92. The molecule has 2 atom stereocenters. The fraction of sp³-hybridized carbons (Fsp3) is 0.353. The molecule has 6 rings (SSSR count). The summed E-state index contributed by atoms with van der Waals surface area (Å²) in [5, 5.41) is 11.7. The van der Waals surface area contributed by atoms with Gasteiger partial charge in [0.25, 0.3) is 0 Å². The lowest BCUT2D eigenvalue weighted by Gasteiger charge is -2.25. The highest BCUT2D eigenvalue weighted by Gasteiger charge is 2.34. The van der Waals surface area contributed by atoms with Gasteiger partial charge in [-0.3, -0.25) is 9.78 Å². The van der Waals surface area contributed by atoms with Crippen molar-refractivity contribution in [2.24, 2.45) is 5.92 Å². The maximum absolute atomic E-state index is 14.0. The van der Waals surface area contributed by atoms with E-state index in [4.69, 9.17) is 0 Å². The predicted octanol–water partition coefficient (Wildman–Crippen LogP) is 5.19. The lowest BCUT2D eigenvalue weighted by molar-refractivity contribution is -0.116. The van der Waals surface area contributed by atoms with Crippen molar-refractivity contribution in [1.82, 2.24) is 34.3 Å². The molecule has 3 aromatic heterocycles. The van der Waals surface area contributed by atoms with E-state index < -0.39 is 10.0 Å². The van der Waals surface area contributed by atoms with E-state index in [1.807, 2.05) is 49.7 Å². The van der Waals surface area contributed by atoms with Crippen LogP contribution in [-0.2, 0) is 34.3 Å². The fourth-order valence-corrected chi connectivity index (χ4v) is 8.01. The van der Waals surface area contributed by atoms with Crippen LogP contribution >= 0.6 is 0 Å². The largest absolute Gasteiger partial charge is 0.323 e. The van der Waals surface area contributed by atoms with Crippen LogP contribution in [0.5, 0.6) is 0 Å². The zero-order valence-corrected chi connectivity index (χ0v) is 27.3. The Labute approximate surface area is 269 Å². The molecule has 0 bridgehead atoms.